The SMILES string of the molecule is C#Cc1cnc(C(=O)OC)c(CC)c1. The highest BCUT2D eigenvalue weighted by Gasteiger charge is 2.12. The van der Waals surface area contributed by atoms with Crippen LogP contribution in [0.2, 0.25) is 0 Å². The fourth-order valence-electron chi connectivity index (χ4n) is 1.14. The number of rotatable bonds is 2. The van der Waals surface area contributed by atoms with E-state index in [4.69, 9.17) is 6.42 Å². The molecule has 1 rings (SSSR count). The number of nitrogens with zero attached hydrogens (tertiary/aromatic N) is 1. The average molecular weight is 189 g/mol. The predicted octanol–water partition coefficient (Wildman–Crippen LogP) is 1.41. The third kappa shape index (κ3) is 1.91. The van der Waals surface area contributed by atoms with Crippen LogP contribution in [0.3, 0.4) is 0 Å². The lowest BCUT2D eigenvalue weighted by Crippen LogP contribution is -2.08. The fourth-order valence-corrected chi connectivity index (χ4v) is 1.14. The Balaban J connectivity index is 3.19. The van der Waals surface area contributed by atoms with Crippen LogP contribution in [-0.4, -0.2) is 18.1 Å². The van der Waals surface area contributed by atoms with Crippen molar-refractivity contribution < 1.29 is 9.53 Å². The molecule has 1 heterocycles. The number of hydrogen-bond donors (Lipinski definition) is 0. The van der Waals surface area contributed by atoms with Crippen LogP contribution in [0.25, 0.3) is 0 Å². The smallest absolute Gasteiger partial charge is 0.356 e. The maximum atomic E-state index is 11.3. The Bertz CT molecular complexity index is 391. The Labute approximate surface area is 83.1 Å². The van der Waals surface area contributed by atoms with Gasteiger partial charge in [0.2, 0.25) is 0 Å². The number of terminal acetylenes is 1. The summed E-state index contributed by atoms with van der Waals surface area (Å²) < 4.78 is 4.60. The summed E-state index contributed by atoms with van der Waals surface area (Å²) in [6, 6.07) is 1.78. The Morgan fingerprint density at radius 1 is 1.71 bits per heavy atom. The van der Waals surface area contributed by atoms with Gasteiger partial charge in [-0.25, -0.2) is 9.78 Å². The van der Waals surface area contributed by atoms with Crippen LogP contribution in [0.5, 0.6) is 0 Å². The highest BCUT2D eigenvalue weighted by atomic mass is 16.5. The summed E-state index contributed by atoms with van der Waals surface area (Å²) in [6.45, 7) is 1.93. The van der Waals surface area contributed by atoms with Crippen molar-refractivity contribution in [1.82, 2.24) is 4.98 Å². The van der Waals surface area contributed by atoms with E-state index in [0.717, 1.165) is 5.56 Å². The monoisotopic (exact) mass is 189 g/mol. The predicted molar refractivity (Wildman–Crippen MR) is 52.9 cm³/mol. The normalized spacial score (nSPS) is 9.21. The summed E-state index contributed by atoms with van der Waals surface area (Å²) in [5.74, 6) is 2.05. The minimum absolute atomic E-state index is 0.342. The first-order valence-electron chi connectivity index (χ1n) is 4.26. The number of ether oxygens (including phenoxy) is 1. The summed E-state index contributed by atoms with van der Waals surface area (Å²) in [7, 11) is 1.33. The maximum Gasteiger partial charge on any atom is 0.356 e. The number of carbonyl (C=O) groups excluding carboxylic acids is 1. The van der Waals surface area contributed by atoms with Crippen LogP contribution in [0.4, 0.5) is 0 Å². The largest absolute Gasteiger partial charge is 0.464 e. The molecule has 14 heavy (non-hydrogen) atoms. The Kier molecular flexibility index (Phi) is 3.24. The molecular formula is C11H11NO2. The quantitative estimate of drug-likeness (QED) is 0.521. The zero-order chi connectivity index (χ0) is 10.6. The highest BCUT2D eigenvalue weighted by Crippen LogP contribution is 2.10. The fraction of sp³-hybridized carbons (Fsp3) is 0.273. The number of methoxy groups -OCH3 is 1. The first-order valence-corrected chi connectivity index (χ1v) is 4.26. The third-order valence-corrected chi connectivity index (χ3v) is 1.89. The number of aryl methyl sites for hydroxylation is 1. The van der Waals surface area contributed by atoms with Gasteiger partial charge in [0.15, 0.2) is 5.69 Å². The Morgan fingerprint density at radius 3 is 2.93 bits per heavy atom. The molecule has 0 spiro atoms. The standard InChI is InChI=1S/C11H11NO2/c1-4-8-6-9(5-2)10(12-7-8)11(13)14-3/h1,6-7H,5H2,2-3H3. The molecule has 1 aromatic heterocycles. The molecule has 0 N–H and O–H groups in total. The van der Waals surface area contributed by atoms with Crippen molar-refractivity contribution in [2.45, 2.75) is 13.3 Å². The zero-order valence-electron chi connectivity index (χ0n) is 8.20. The molecule has 1 aromatic rings. The lowest BCUT2D eigenvalue weighted by atomic mass is 10.1. The van der Waals surface area contributed by atoms with Crippen LogP contribution in [0.1, 0.15) is 28.5 Å². The van der Waals surface area contributed by atoms with Gasteiger partial charge < -0.3 is 4.74 Å². The van der Waals surface area contributed by atoms with Crippen molar-refractivity contribution in [3.63, 3.8) is 0 Å². The summed E-state index contributed by atoms with van der Waals surface area (Å²) >= 11 is 0. The molecule has 0 unspecified atom stereocenters. The van der Waals surface area contributed by atoms with Gasteiger partial charge in [-0.15, -0.1) is 6.42 Å². The minimum atomic E-state index is -0.426. The van der Waals surface area contributed by atoms with Gasteiger partial charge in [0, 0.05) is 11.8 Å². The van der Waals surface area contributed by atoms with E-state index in [9.17, 15) is 4.79 Å². The van der Waals surface area contributed by atoms with E-state index in [-0.39, 0.29) is 0 Å². The molecule has 0 aliphatic carbocycles. The molecule has 0 saturated carbocycles. The summed E-state index contributed by atoms with van der Waals surface area (Å²) in [6.07, 6.45) is 7.42. The number of esters is 1. The van der Waals surface area contributed by atoms with E-state index in [1.807, 2.05) is 6.92 Å². The van der Waals surface area contributed by atoms with E-state index in [1.54, 1.807) is 6.07 Å². The molecule has 0 aromatic carbocycles. The van der Waals surface area contributed by atoms with E-state index >= 15 is 0 Å². The molecule has 3 heteroatoms. The second-order valence-corrected chi connectivity index (χ2v) is 2.72. The molecule has 0 fully saturated rings. The van der Waals surface area contributed by atoms with Gasteiger partial charge in [-0.2, -0.15) is 0 Å². The molecule has 0 amide bonds. The van der Waals surface area contributed by atoms with Gasteiger partial charge in [0.05, 0.1) is 7.11 Å². The van der Waals surface area contributed by atoms with Crippen molar-refractivity contribution in [3.8, 4) is 12.3 Å². The molecule has 72 valence electrons. The third-order valence-electron chi connectivity index (χ3n) is 1.89. The van der Waals surface area contributed by atoms with Crippen LogP contribution >= 0.6 is 0 Å². The van der Waals surface area contributed by atoms with Gasteiger partial charge in [-0.05, 0) is 18.1 Å². The molecule has 0 saturated heterocycles. The Hall–Kier alpha value is -1.82. The number of pyridine rings is 1. The Morgan fingerprint density at radius 2 is 2.43 bits per heavy atom. The molecule has 0 atom stereocenters. The van der Waals surface area contributed by atoms with Crippen LogP contribution in [0, 0.1) is 12.3 Å². The number of aromatic nitrogens is 1. The van der Waals surface area contributed by atoms with Crippen molar-refractivity contribution >= 4 is 5.97 Å². The van der Waals surface area contributed by atoms with E-state index in [1.165, 1.54) is 13.3 Å². The van der Waals surface area contributed by atoms with Gasteiger partial charge >= 0.3 is 5.97 Å². The van der Waals surface area contributed by atoms with Crippen LogP contribution in [-0.2, 0) is 11.2 Å². The van der Waals surface area contributed by atoms with Gasteiger partial charge in [0.1, 0.15) is 0 Å². The molecule has 0 aliphatic heterocycles. The van der Waals surface area contributed by atoms with Crippen LogP contribution in [0.15, 0.2) is 12.3 Å². The van der Waals surface area contributed by atoms with Crippen LogP contribution < -0.4 is 0 Å². The van der Waals surface area contributed by atoms with Crippen molar-refractivity contribution in [1.29, 1.82) is 0 Å². The first kappa shape index (κ1) is 10.3. The molecule has 0 aliphatic rings. The minimum Gasteiger partial charge on any atom is -0.464 e. The van der Waals surface area contributed by atoms with Crippen molar-refractivity contribution in [3.05, 3.63) is 29.1 Å². The van der Waals surface area contributed by atoms with E-state index in [2.05, 4.69) is 15.6 Å². The molecule has 3 nitrogen and oxygen atoms in total. The molecule has 0 bridgehead atoms. The summed E-state index contributed by atoms with van der Waals surface area (Å²) in [4.78, 5) is 15.2. The second-order valence-electron chi connectivity index (χ2n) is 2.72. The van der Waals surface area contributed by atoms with E-state index < -0.39 is 5.97 Å². The second kappa shape index (κ2) is 4.43. The summed E-state index contributed by atoms with van der Waals surface area (Å²) in [5, 5.41) is 0. The van der Waals surface area contributed by atoms with Gasteiger partial charge in [-0.3, -0.25) is 0 Å². The maximum absolute atomic E-state index is 11.3. The summed E-state index contributed by atoms with van der Waals surface area (Å²) in [5.41, 5.74) is 1.83. The molecular weight excluding hydrogens is 178 g/mol. The van der Waals surface area contributed by atoms with Gasteiger partial charge in [-0.1, -0.05) is 12.8 Å². The van der Waals surface area contributed by atoms with Crippen molar-refractivity contribution in [2.24, 2.45) is 0 Å². The van der Waals surface area contributed by atoms with Crippen molar-refractivity contribution in [2.75, 3.05) is 7.11 Å². The highest BCUT2D eigenvalue weighted by molar-refractivity contribution is 5.88. The first-order chi connectivity index (χ1) is 6.72. The van der Waals surface area contributed by atoms with Gasteiger partial charge in [0.25, 0.3) is 0 Å². The topological polar surface area (TPSA) is 39.2 Å². The lowest BCUT2D eigenvalue weighted by Gasteiger charge is -2.04. The number of hydrogen-bond acceptors (Lipinski definition) is 3. The average Bonchev–Trinajstić information content (AvgIpc) is 2.27. The van der Waals surface area contributed by atoms with E-state index in [0.29, 0.717) is 17.7 Å². The number of carbonyl (C=O) groups is 1. The lowest BCUT2D eigenvalue weighted by molar-refractivity contribution is 0.0592. The zero-order valence-corrected chi connectivity index (χ0v) is 8.20. The molecule has 0 radical (unpaired) electrons.